The second-order valence-electron chi connectivity index (χ2n) is 4.23. The number of hydrogen-bond acceptors (Lipinski definition) is 4. The molecule has 0 N–H and O–H groups in total. The van der Waals surface area contributed by atoms with E-state index in [0.717, 1.165) is 31.4 Å². The Morgan fingerprint density at radius 3 is 2.33 bits per heavy atom. The van der Waals surface area contributed by atoms with Crippen molar-refractivity contribution in [2.45, 2.75) is 53.0 Å². The van der Waals surface area contributed by atoms with Crippen molar-refractivity contribution in [3.05, 3.63) is 12.2 Å². The van der Waals surface area contributed by atoms with Crippen LogP contribution in [0.3, 0.4) is 0 Å². The maximum absolute atomic E-state index is 11.1. The summed E-state index contributed by atoms with van der Waals surface area (Å²) in [5, 5.41) is 0. The molecule has 4 nitrogen and oxygen atoms in total. The van der Waals surface area contributed by atoms with Crippen LogP contribution in [0.25, 0.3) is 0 Å². The summed E-state index contributed by atoms with van der Waals surface area (Å²) < 4.78 is 9.90. The van der Waals surface area contributed by atoms with Crippen molar-refractivity contribution < 1.29 is 18.8 Å². The summed E-state index contributed by atoms with van der Waals surface area (Å²) in [6.07, 6.45) is 5.25. The Labute approximate surface area is 113 Å². The summed E-state index contributed by atoms with van der Waals surface area (Å²) >= 11 is 0. The van der Waals surface area contributed by atoms with Crippen LogP contribution in [-0.2, 0) is 18.8 Å². The average molecular weight is 274 g/mol. The Bertz CT molecular complexity index is 262. The van der Waals surface area contributed by atoms with Crippen LogP contribution in [0, 0.1) is 0 Å². The molecule has 0 amide bonds. The van der Waals surface area contributed by atoms with Crippen LogP contribution in [0.5, 0.6) is 0 Å². The third kappa shape index (κ3) is 13.0. The first-order valence-electron chi connectivity index (χ1n) is 6.07. The topological polar surface area (TPSA) is 52.6 Å². The molecule has 0 unspecified atom stereocenters. The van der Waals surface area contributed by atoms with Crippen molar-refractivity contribution in [2.24, 2.45) is 0 Å². The van der Waals surface area contributed by atoms with E-state index in [1.54, 1.807) is 0 Å². The first kappa shape index (κ1) is 19.2. The summed E-state index contributed by atoms with van der Waals surface area (Å²) in [6.45, 7) is 6.50. The monoisotopic (exact) mass is 274 g/mol. The molecule has 0 fully saturated rings. The predicted molar refractivity (Wildman–Crippen MR) is 76.1 cm³/mol. The van der Waals surface area contributed by atoms with E-state index in [1.807, 2.05) is 13.8 Å². The number of carbonyl (C=O) groups excluding carboxylic acids is 2. The second-order valence-corrected chi connectivity index (χ2v) is 6.49. The third-order valence-corrected chi connectivity index (χ3v) is 3.02. The minimum Gasteiger partial charge on any atom is -0.522 e. The summed E-state index contributed by atoms with van der Waals surface area (Å²) in [6, 6.07) is 0. The van der Waals surface area contributed by atoms with E-state index in [2.05, 4.69) is 6.92 Å². The molecule has 0 bridgehead atoms. The van der Waals surface area contributed by atoms with Gasteiger partial charge in [0.25, 0.3) is 0 Å². The smallest absolute Gasteiger partial charge is 0.331 e. The van der Waals surface area contributed by atoms with E-state index < -0.39 is 21.7 Å². The molecular formula is C13H26O4Si. The first-order chi connectivity index (χ1) is 8.06. The molecule has 0 rings (SSSR count). The van der Waals surface area contributed by atoms with E-state index in [1.165, 1.54) is 0 Å². The first-order valence-corrected chi connectivity index (χ1v) is 7.47. The number of ether oxygens (including phenoxy) is 1. The van der Waals surface area contributed by atoms with E-state index in [-0.39, 0.29) is 7.43 Å². The van der Waals surface area contributed by atoms with Gasteiger partial charge in [-0.05, 0) is 12.0 Å². The van der Waals surface area contributed by atoms with Gasteiger partial charge in [0.1, 0.15) is 0 Å². The zero-order chi connectivity index (χ0) is 13.1. The van der Waals surface area contributed by atoms with Crippen LogP contribution in [0.15, 0.2) is 12.2 Å². The van der Waals surface area contributed by atoms with Gasteiger partial charge in [0, 0.05) is 12.2 Å². The molecule has 0 aliphatic rings. The van der Waals surface area contributed by atoms with E-state index >= 15 is 0 Å². The molecule has 0 aromatic heterocycles. The van der Waals surface area contributed by atoms with Crippen molar-refractivity contribution in [1.29, 1.82) is 0 Å². The van der Waals surface area contributed by atoms with Crippen molar-refractivity contribution in [3.63, 3.8) is 0 Å². The minimum absolute atomic E-state index is 0. The minimum atomic E-state index is -0.822. The molecule has 0 atom stereocenters. The lowest BCUT2D eigenvalue weighted by atomic mass is 10.3. The number of rotatable bonds is 8. The van der Waals surface area contributed by atoms with Gasteiger partial charge in [0.15, 0.2) is 0 Å². The number of carbonyl (C=O) groups is 2. The van der Waals surface area contributed by atoms with Crippen LogP contribution < -0.4 is 0 Å². The molecule has 106 valence electrons. The van der Waals surface area contributed by atoms with Crippen LogP contribution in [0.1, 0.15) is 47.5 Å². The Kier molecular flexibility index (Phi) is 13.2. The van der Waals surface area contributed by atoms with Gasteiger partial charge in [-0.1, -0.05) is 41.0 Å². The highest BCUT2D eigenvalue weighted by Crippen LogP contribution is 1.98. The lowest BCUT2D eigenvalue weighted by Gasteiger charge is -2.03. The fourth-order valence-electron chi connectivity index (χ4n) is 1.01. The number of hydrogen-bond donors (Lipinski definition) is 0. The fourth-order valence-corrected chi connectivity index (χ4v) is 1.60. The number of unbranched alkanes of at least 4 members (excludes halogenated alkanes) is 2. The van der Waals surface area contributed by atoms with Crippen molar-refractivity contribution in [3.8, 4) is 0 Å². The Hall–Kier alpha value is -1.10. The molecule has 0 heterocycles. The molecule has 0 radical (unpaired) electrons. The fraction of sp³-hybridized carbons (Fsp3) is 0.692. The zero-order valence-electron chi connectivity index (χ0n) is 10.9. The van der Waals surface area contributed by atoms with E-state index in [9.17, 15) is 9.59 Å². The molecular weight excluding hydrogens is 248 g/mol. The highest BCUT2D eigenvalue weighted by molar-refractivity contribution is 6.32. The summed E-state index contributed by atoms with van der Waals surface area (Å²) in [5.41, 5.74) is 0.424. The van der Waals surface area contributed by atoms with Gasteiger partial charge in [-0.2, -0.15) is 0 Å². The lowest BCUT2D eigenvalue weighted by Crippen LogP contribution is -2.09. The standard InChI is InChI=1S/C12H22O4Si.CH4/c1-4-5-6-9-15-11(13)7-8-12(14)16-17-10(2)3;/h7-8,10H,4-6,9,17H2,1-3H3;1H4/b8-7+;. The Morgan fingerprint density at radius 2 is 1.78 bits per heavy atom. The molecule has 5 heteroatoms. The van der Waals surface area contributed by atoms with Gasteiger partial charge in [0.2, 0.25) is 9.76 Å². The second kappa shape index (κ2) is 12.4. The zero-order valence-corrected chi connectivity index (χ0v) is 12.3. The molecule has 0 aromatic rings. The predicted octanol–water partition coefficient (Wildman–Crippen LogP) is 2.37. The van der Waals surface area contributed by atoms with E-state index in [0.29, 0.717) is 12.1 Å². The summed E-state index contributed by atoms with van der Waals surface area (Å²) in [4.78, 5) is 22.3. The van der Waals surface area contributed by atoms with Gasteiger partial charge in [-0.3, -0.25) is 0 Å². The molecule has 0 spiro atoms. The SMILES string of the molecule is C.CCCCCOC(=O)/C=C/C(=O)O[SiH2]C(C)C. The number of esters is 1. The van der Waals surface area contributed by atoms with Crippen molar-refractivity contribution in [2.75, 3.05) is 6.61 Å². The quantitative estimate of drug-likeness (QED) is 0.295. The maximum atomic E-state index is 11.1. The van der Waals surface area contributed by atoms with Gasteiger partial charge >= 0.3 is 11.9 Å². The molecule has 0 aliphatic carbocycles. The molecule has 0 aliphatic heterocycles. The van der Waals surface area contributed by atoms with Crippen molar-refractivity contribution in [1.82, 2.24) is 0 Å². The Morgan fingerprint density at radius 1 is 1.17 bits per heavy atom. The van der Waals surface area contributed by atoms with Crippen LogP contribution in [0.4, 0.5) is 0 Å². The molecule has 0 saturated heterocycles. The highest BCUT2D eigenvalue weighted by Gasteiger charge is 2.02. The lowest BCUT2D eigenvalue weighted by molar-refractivity contribution is -0.138. The molecule has 18 heavy (non-hydrogen) atoms. The van der Waals surface area contributed by atoms with Gasteiger partial charge in [-0.25, -0.2) is 9.59 Å². The molecule has 0 aromatic carbocycles. The average Bonchev–Trinajstić information content (AvgIpc) is 2.29. The van der Waals surface area contributed by atoms with Crippen LogP contribution in [0.2, 0.25) is 5.54 Å². The highest BCUT2D eigenvalue weighted by atomic mass is 28.2. The summed E-state index contributed by atoms with van der Waals surface area (Å²) in [5.74, 6) is -0.930. The normalized spacial score (nSPS) is 10.9. The Balaban J connectivity index is 0. The van der Waals surface area contributed by atoms with Gasteiger partial charge in [0.05, 0.1) is 6.61 Å². The van der Waals surface area contributed by atoms with Gasteiger partial charge < -0.3 is 9.16 Å². The van der Waals surface area contributed by atoms with E-state index in [4.69, 9.17) is 9.16 Å². The van der Waals surface area contributed by atoms with Crippen LogP contribution in [-0.4, -0.2) is 28.3 Å². The van der Waals surface area contributed by atoms with Gasteiger partial charge in [-0.15, -0.1) is 0 Å². The largest absolute Gasteiger partial charge is 0.522 e. The third-order valence-electron chi connectivity index (χ3n) is 1.91. The maximum Gasteiger partial charge on any atom is 0.331 e. The summed E-state index contributed by atoms with van der Waals surface area (Å²) in [7, 11) is -0.822. The van der Waals surface area contributed by atoms with Crippen LogP contribution >= 0.6 is 0 Å². The molecule has 0 saturated carbocycles. The van der Waals surface area contributed by atoms with Crippen molar-refractivity contribution >= 4 is 21.7 Å².